The van der Waals surface area contributed by atoms with Crippen LogP contribution < -0.4 is 0 Å². The summed E-state index contributed by atoms with van der Waals surface area (Å²) >= 11 is 1.14. The lowest BCUT2D eigenvalue weighted by Crippen LogP contribution is -2.01. The van der Waals surface area contributed by atoms with Gasteiger partial charge in [0, 0.05) is 25.0 Å². The summed E-state index contributed by atoms with van der Waals surface area (Å²) in [5.74, 6) is -0.223. The number of pyridine rings is 1. The zero-order valence-electron chi connectivity index (χ0n) is 9.99. The highest BCUT2D eigenvalue weighted by atomic mass is 32.2. The van der Waals surface area contributed by atoms with Gasteiger partial charge in [0.25, 0.3) is 0 Å². The van der Waals surface area contributed by atoms with Gasteiger partial charge in [0.2, 0.25) is 0 Å². The maximum atomic E-state index is 10.5. The molecular weight excluding hydrogens is 252 g/mol. The van der Waals surface area contributed by atoms with Crippen molar-refractivity contribution in [1.82, 2.24) is 19.7 Å². The molecule has 94 valence electrons. The van der Waals surface area contributed by atoms with E-state index in [-0.39, 0.29) is 5.75 Å². The van der Waals surface area contributed by atoms with E-state index in [9.17, 15) is 4.79 Å². The van der Waals surface area contributed by atoms with Crippen molar-refractivity contribution in [3.05, 3.63) is 24.0 Å². The Morgan fingerprint density at radius 3 is 2.89 bits per heavy atom. The van der Waals surface area contributed by atoms with Crippen molar-refractivity contribution >= 4 is 17.7 Å². The molecule has 6 nitrogen and oxygen atoms in total. The van der Waals surface area contributed by atoms with Crippen molar-refractivity contribution < 1.29 is 9.90 Å². The molecule has 0 bridgehead atoms. The second-order valence-corrected chi connectivity index (χ2v) is 4.74. The van der Waals surface area contributed by atoms with E-state index in [1.807, 2.05) is 20.0 Å². The summed E-state index contributed by atoms with van der Waals surface area (Å²) in [7, 11) is 1.81. The van der Waals surface area contributed by atoms with Gasteiger partial charge in [-0.3, -0.25) is 9.78 Å². The van der Waals surface area contributed by atoms with Crippen LogP contribution in [-0.4, -0.2) is 36.6 Å². The summed E-state index contributed by atoms with van der Waals surface area (Å²) in [5, 5.41) is 17.3. The van der Waals surface area contributed by atoms with Crippen LogP contribution in [0.3, 0.4) is 0 Å². The highest BCUT2D eigenvalue weighted by Gasteiger charge is 2.12. The van der Waals surface area contributed by atoms with Gasteiger partial charge >= 0.3 is 5.97 Å². The minimum absolute atomic E-state index is 0.0297. The molecule has 18 heavy (non-hydrogen) atoms. The molecule has 0 spiro atoms. The van der Waals surface area contributed by atoms with E-state index in [1.54, 1.807) is 17.0 Å². The van der Waals surface area contributed by atoms with Gasteiger partial charge < -0.3 is 9.67 Å². The number of thioether (sulfide) groups is 1. The average molecular weight is 264 g/mol. The van der Waals surface area contributed by atoms with Crippen LogP contribution >= 0.6 is 11.8 Å². The first-order chi connectivity index (χ1) is 8.58. The topological polar surface area (TPSA) is 80.9 Å². The minimum Gasteiger partial charge on any atom is -0.481 e. The van der Waals surface area contributed by atoms with Crippen LogP contribution in [0.25, 0.3) is 11.4 Å². The molecule has 0 aliphatic heterocycles. The monoisotopic (exact) mass is 264 g/mol. The predicted molar refractivity (Wildman–Crippen MR) is 67.3 cm³/mol. The molecule has 1 N–H and O–H groups in total. The molecule has 0 aliphatic carbocycles. The molecule has 0 radical (unpaired) electrons. The maximum absolute atomic E-state index is 10.5. The summed E-state index contributed by atoms with van der Waals surface area (Å²) in [5.41, 5.74) is 1.91. The Morgan fingerprint density at radius 1 is 1.44 bits per heavy atom. The molecule has 2 heterocycles. The number of carboxylic acid groups (broad SMARTS) is 1. The van der Waals surface area contributed by atoms with Gasteiger partial charge in [-0.05, 0) is 18.6 Å². The summed E-state index contributed by atoms with van der Waals surface area (Å²) in [6.45, 7) is 1.95. The molecule has 2 aromatic heterocycles. The molecule has 0 aromatic carbocycles. The highest BCUT2D eigenvalue weighted by Crippen LogP contribution is 2.22. The Kier molecular flexibility index (Phi) is 3.61. The molecule has 0 saturated carbocycles. The Labute approximate surface area is 108 Å². The second-order valence-electron chi connectivity index (χ2n) is 3.80. The van der Waals surface area contributed by atoms with Crippen LogP contribution in [-0.2, 0) is 11.8 Å². The first-order valence-electron chi connectivity index (χ1n) is 5.24. The molecule has 0 amide bonds. The fourth-order valence-corrected chi connectivity index (χ4v) is 2.13. The molecule has 0 saturated heterocycles. The van der Waals surface area contributed by atoms with Crippen LogP contribution in [0.1, 0.15) is 5.56 Å². The number of aromatic nitrogens is 4. The van der Waals surface area contributed by atoms with Crippen LogP contribution in [0, 0.1) is 6.92 Å². The molecule has 0 aliphatic rings. The van der Waals surface area contributed by atoms with Gasteiger partial charge in [0.15, 0.2) is 11.0 Å². The van der Waals surface area contributed by atoms with E-state index in [1.165, 1.54) is 0 Å². The van der Waals surface area contributed by atoms with E-state index in [0.717, 1.165) is 22.9 Å². The smallest absolute Gasteiger partial charge is 0.313 e. The summed E-state index contributed by atoms with van der Waals surface area (Å²) in [4.78, 5) is 14.6. The van der Waals surface area contributed by atoms with E-state index in [4.69, 9.17) is 5.11 Å². The minimum atomic E-state index is -0.873. The molecule has 0 atom stereocenters. The van der Waals surface area contributed by atoms with Crippen molar-refractivity contribution in [2.75, 3.05) is 5.75 Å². The highest BCUT2D eigenvalue weighted by molar-refractivity contribution is 7.99. The zero-order valence-corrected chi connectivity index (χ0v) is 10.8. The van der Waals surface area contributed by atoms with Gasteiger partial charge in [-0.15, -0.1) is 10.2 Å². The number of aryl methyl sites for hydroxylation is 1. The number of carboxylic acids is 1. The fraction of sp³-hybridized carbons (Fsp3) is 0.273. The first-order valence-corrected chi connectivity index (χ1v) is 6.22. The van der Waals surface area contributed by atoms with Crippen molar-refractivity contribution in [2.45, 2.75) is 12.1 Å². The lowest BCUT2D eigenvalue weighted by Gasteiger charge is -2.03. The molecular formula is C11H12N4O2S. The quantitative estimate of drug-likeness (QED) is 0.840. The number of hydrogen-bond donors (Lipinski definition) is 1. The molecule has 2 rings (SSSR count). The normalized spacial score (nSPS) is 10.6. The van der Waals surface area contributed by atoms with Gasteiger partial charge in [-0.25, -0.2) is 0 Å². The lowest BCUT2D eigenvalue weighted by atomic mass is 10.2. The van der Waals surface area contributed by atoms with Crippen LogP contribution in [0.4, 0.5) is 0 Å². The molecule has 0 fully saturated rings. The molecule has 2 aromatic rings. The van der Waals surface area contributed by atoms with Gasteiger partial charge in [-0.1, -0.05) is 11.8 Å². The third-order valence-corrected chi connectivity index (χ3v) is 3.30. The second kappa shape index (κ2) is 5.18. The Bertz CT molecular complexity index is 582. The Hall–Kier alpha value is -1.89. The SMILES string of the molecule is Cc1cncc(-c2nnc(SCC(=O)O)n2C)c1. The van der Waals surface area contributed by atoms with Gasteiger partial charge in [0.1, 0.15) is 0 Å². The standard InChI is InChI=1S/C11H12N4O2S/c1-7-3-8(5-12-4-7)10-13-14-11(15(10)2)18-6-9(16)17/h3-5H,6H2,1-2H3,(H,16,17). The average Bonchev–Trinajstić information content (AvgIpc) is 2.68. The maximum Gasteiger partial charge on any atom is 0.313 e. The van der Waals surface area contributed by atoms with E-state index in [2.05, 4.69) is 15.2 Å². The van der Waals surface area contributed by atoms with Crippen molar-refractivity contribution in [1.29, 1.82) is 0 Å². The summed E-state index contributed by atoms with van der Waals surface area (Å²) in [6, 6.07) is 1.96. The van der Waals surface area contributed by atoms with E-state index in [0.29, 0.717) is 11.0 Å². The van der Waals surface area contributed by atoms with Crippen LogP contribution in [0.2, 0.25) is 0 Å². The van der Waals surface area contributed by atoms with Gasteiger partial charge in [-0.2, -0.15) is 0 Å². The van der Waals surface area contributed by atoms with E-state index >= 15 is 0 Å². The van der Waals surface area contributed by atoms with Crippen molar-refractivity contribution in [3.63, 3.8) is 0 Å². The number of nitrogens with zero attached hydrogens (tertiary/aromatic N) is 4. The third kappa shape index (κ3) is 2.67. The van der Waals surface area contributed by atoms with Crippen LogP contribution in [0.5, 0.6) is 0 Å². The fourth-order valence-electron chi connectivity index (χ4n) is 1.50. The summed E-state index contributed by atoms with van der Waals surface area (Å²) < 4.78 is 1.77. The Balaban J connectivity index is 2.28. The number of hydrogen-bond acceptors (Lipinski definition) is 5. The molecule has 0 unspecified atom stereocenters. The number of rotatable bonds is 4. The van der Waals surface area contributed by atoms with Crippen molar-refractivity contribution in [2.24, 2.45) is 7.05 Å². The zero-order chi connectivity index (χ0) is 13.1. The lowest BCUT2D eigenvalue weighted by molar-refractivity contribution is -0.133. The van der Waals surface area contributed by atoms with Gasteiger partial charge in [0.05, 0.1) is 5.75 Å². The Morgan fingerprint density at radius 2 is 2.22 bits per heavy atom. The van der Waals surface area contributed by atoms with E-state index < -0.39 is 5.97 Å². The number of aliphatic carboxylic acids is 1. The first kappa shape index (κ1) is 12.6. The third-order valence-electron chi connectivity index (χ3n) is 2.29. The largest absolute Gasteiger partial charge is 0.481 e. The predicted octanol–water partition coefficient (Wildman–Crippen LogP) is 1.36. The summed E-state index contributed by atoms with van der Waals surface area (Å²) in [6.07, 6.45) is 3.47. The molecule has 7 heteroatoms. The van der Waals surface area contributed by atoms with Crippen molar-refractivity contribution in [3.8, 4) is 11.4 Å². The van der Waals surface area contributed by atoms with Crippen LogP contribution in [0.15, 0.2) is 23.6 Å². The number of carbonyl (C=O) groups is 1.